The molecule has 1 aliphatic carbocycles. The Morgan fingerprint density at radius 3 is 2.56 bits per heavy atom. The smallest absolute Gasteiger partial charge is 0.252 e. The number of benzene rings is 1. The van der Waals surface area contributed by atoms with E-state index in [2.05, 4.69) is 5.32 Å². The predicted octanol–water partition coefficient (Wildman–Crippen LogP) is 3.92. The summed E-state index contributed by atoms with van der Waals surface area (Å²) in [6.45, 7) is 1.62. The van der Waals surface area contributed by atoms with Crippen molar-refractivity contribution in [2.45, 2.75) is 55.1 Å². The molecule has 1 heterocycles. The Morgan fingerprint density at radius 2 is 1.85 bits per heavy atom. The summed E-state index contributed by atoms with van der Waals surface area (Å²) < 4.78 is 27.2. The molecule has 8 heteroatoms. The zero-order valence-electron chi connectivity index (χ0n) is 15.5. The standard InChI is InChI=1S/C19H27ClN2O3S2/c20-18-9-8-16(27(24,25)22-11-4-1-5-12-22)14-17(18)19(23)21-10-13-26-15-6-2-3-7-15/h8-9,14-15H,1-7,10-13H2,(H,21,23). The molecule has 27 heavy (non-hydrogen) atoms. The number of amides is 1. The quantitative estimate of drug-likeness (QED) is 0.665. The van der Waals surface area contributed by atoms with Crippen LogP contribution >= 0.6 is 23.4 Å². The van der Waals surface area contributed by atoms with Gasteiger partial charge in [-0.3, -0.25) is 4.79 Å². The molecule has 0 spiro atoms. The average Bonchev–Trinajstić information content (AvgIpc) is 3.19. The summed E-state index contributed by atoms with van der Waals surface area (Å²) in [4.78, 5) is 12.6. The number of nitrogens with zero attached hydrogens (tertiary/aromatic N) is 1. The van der Waals surface area contributed by atoms with E-state index in [0.717, 1.165) is 25.0 Å². The summed E-state index contributed by atoms with van der Waals surface area (Å²) in [7, 11) is -3.58. The number of sulfonamides is 1. The highest BCUT2D eigenvalue weighted by Gasteiger charge is 2.27. The van der Waals surface area contributed by atoms with Crippen molar-refractivity contribution in [2.75, 3.05) is 25.4 Å². The Bertz CT molecular complexity index is 758. The maximum absolute atomic E-state index is 12.8. The van der Waals surface area contributed by atoms with Crippen molar-refractivity contribution < 1.29 is 13.2 Å². The van der Waals surface area contributed by atoms with Crippen LogP contribution in [0.15, 0.2) is 23.1 Å². The van der Waals surface area contributed by atoms with E-state index < -0.39 is 10.0 Å². The second-order valence-corrected chi connectivity index (χ2v) is 10.9. The van der Waals surface area contributed by atoms with Crippen LogP contribution < -0.4 is 5.32 Å². The molecule has 0 bridgehead atoms. The Hall–Kier alpha value is -0.760. The molecule has 3 rings (SSSR count). The predicted molar refractivity (Wildman–Crippen MR) is 111 cm³/mol. The third-order valence-electron chi connectivity index (χ3n) is 5.18. The lowest BCUT2D eigenvalue weighted by Gasteiger charge is -2.26. The molecule has 1 aliphatic heterocycles. The molecule has 1 N–H and O–H groups in total. The lowest BCUT2D eigenvalue weighted by molar-refractivity contribution is 0.0956. The van der Waals surface area contributed by atoms with Gasteiger partial charge in [-0.1, -0.05) is 30.9 Å². The van der Waals surface area contributed by atoms with E-state index in [1.807, 2.05) is 11.8 Å². The van der Waals surface area contributed by atoms with Crippen molar-refractivity contribution in [3.63, 3.8) is 0 Å². The fourth-order valence-corrected chi connectivity index (χ4v) is 6.60. The third-order valence-corrected chi connectivity index (χ3v) is 8.79. The minimum Gasteiger partial charge on any atom is -0.351 e. The van der Waals surface area contributed by atoms with E-state index in [4.69, 9.17) is 11.6 Å². The second kappa shape index (κ2) is 9.63. The Kier molecular flexibility index (Phi) is 7.48. The van der Waals surface area contributed by atoms with Crippen LogP contribution in [0.2, 0.25) is 5.02 Å². The van der Waals surface area contributed by atoms with E-state index in [0.29, 0.717) is 24.9 Å². The van der Waals surface area contributed by atoms with E-state index in [9.17, 15) is 13.2 Å². The van der Waals surface area contributed by atoms with Gasteiger partial charge in [-0.15, -0.1) is 0 Å². The second-order valence-electron chi connectivity index (χ2n) is 7.14. The summed E-state index contributed by atoms with van der Waals surface area (Å²) >= 11 is 8.07. The van der Waals surface area contributed by atoms with Crippen LogP contribution in [0, 0.1) is 0 Å². The molecule has 1 aromatic rings. The first-order chi connectivity index (χ1) is 13.0. The van der Waals surface area contributed by atoms with Gasteiger partial charge >= 0.3 is 0 Å². The van der Waals surface area contributed by atoms with Gasteiger partial charge in [0.1, 0.15) is 0 Å². The molecule has 1 saturated heterocycles. The molecule has 150 valence electrons. The van der Waals surface area contributed by atoms with Crippen molar-refractivity contribution in [3.8, 4) is 0 Å². The summed E-state index contributed by atoms with van der Waals surface area (Å²) in [5.41, 5.74) is 0.223. The lowest BCUT2D eigenvalue weighted by atomic mass is 10.2. The van der Waals surface area contributed by atoms with Crippen molar-refractivity contribution in [2.24, 2.45) is 0 Å². The molecule has 1 amide bonds. The molecule has 0 unspecified atom stereocenters. The maximum atomic E-state index is 12.8. The van der Waals surface area contributed by atoms with E-state index >= 15 is 0 Å². The van der Waals surface area contributed by atoms with E-state index in [-0.39, 0.29) is 21.4 Å². The average molecular weight is 431 g/mol. The molecule has 0 atom stereocenters. The first-order valence-corrected chi connectivity index (χ1v) is 12.5. The van der Waals surface area contributed by atoms with Gasteiger partial charge < -0.3 is 5.32 Å². The number of rotatable bonds is 7. The molecule has 2 aliphatic rings. The Morgan fingerprint density at radius 1 is 1.15 bits per heavy atom. The molecule has 1 aromatic carbocycles. The summed E-state index contributed by atoms with van der Waals surface area (Å²) in [5.74, 6) is 0.544. The topological polar surface area (TPSA) is 66.5 Å². The zero-order chi connectivity index (χ0) is 19.3. The van der Waals surface area contributed by atoms with Crippen LogP contribution in [0.25, 0.3) is 0 Å². The van der Waals surface area contributed by atoms with Gasteiger partial charge in [0.05, 0.1) is 15.5 Å². The number of thioether (sulfide) groups is 1. The number of hydrogen-bond acceptors (Lipinski definition) is 4. The van der Waals surface area contributed by atoms with Gasteiger partial charge in [-0.2, -0.15) is 16.1 Å². The number of halogens is 1. The number of hydrogen-bond donors (Lipinski definition) is 1. The molecule has 5 nitrogen and oxygen atoms in total. The zero-order valence-corrected chi connectivity index (χ0v) is 17.8. The SMILES string of the molecule is O=C(NCCSC1CCCC1)c1cc(S(=O)(=O)N2CCCCC2)ccc1Cl. The van der Waals surface area contributed by atoms with E-state index in [1.54, 1.807) is 0 Å². The normalized spacial score (nSPS) is 19.3. The van der Waals surface area contributed by atoms with Gasteiger partial charge in [0.25, 0.3) is 5.91 Å². The van der Waals surface area contributed by atoms with Crippen molar-refractivity contribution in [3.05, 3.63) is 28.8 Å². The minimum atomic E-state index is -3.58. The fraction of sp³-hybridized carbons (Fsp3) is 0.632. The van der Waals surface area contributed by atoms with Gasteiger partial charge in [0.2, 0.25) is 10.0 Å². The molecular weight excluding hydrogens is 404 g/mol. The number of carbonyl (C=O) groups is 1. The first kappa shape index (κ1) is 21.0. The highest BCUT2D eigenvalue weighted by molar-refractivity contribution is 7.99. The van der Waals surface area contributed by atoms with Crippen LogP contribution in [0.3, 0.4) is 0 Å². The van der Waals surface area contributed by atoms with Crippen LogP contribution in [-0.4, -0.2) is 49.3 Å². The molecule has 1 saturated carbocycles. The van der Waals surface area contributed by atoms with Gasteiger partial charge in [-0.05, 0) is 43.9 Å². The summed E-state index contributed by atoms with van der Waals surface area (Å²) in [6.07, 6.45) is 7.94. The number of carbonyl (C=O) groups excluding carboxylic acids is 1. The fourth-order valence-electron chi connectivity index (χ4n) is 3.63. The van der Waals surface area contributed by atoms with Crippen molar-refractivity contribution in [1.29, 1.82) is 0 Å². The van der Waals surface area contributed by atoms with Gasteiger partial charge in [0, 0.05) is 30.6 Å². The number of nitrogens with one attached hydrogen (secondary N) is 1. The molecule has 2 fully saturated rings. The molecular formula is C19H27ClN2O3S2. The van der Waals surface area contributed by atoms with Crippen molar-refractivity contribution in [1.82, 2.24) is 9.62 Å². The van der Waals surface area contributed by atoms with Crippen LogP contribution in [0.5, 0.6) is 0 Å². The van der Waals surface area contributed by atoms with Crippen LogP contribution in [0.1, 0.15) is 55.3 Å². The molecule has 0 radical (unpaired) electrons. The first-order valence-electron chi connectivity index (χ1n) is 9.68. The van der Waals surface area contributed by atoms with Gasteiger partial charge in [0.15, 0.2) is 0 Å². The largest absolute Gasteiger partial charge is 0.351 e. The van der Waals surface area contributed by atoms with Crippen LogP contribution in [-0.2, 0) is 10.0 Å². The summed E-state index contributed by atoms with van der Waals surface area (Å²) in [5, 5.41) is 3.85. The Balaban J connectivity index is 1.62. The maximum Gasteiger partial charge on any atom is 0.252 e. The van der Waals surface area contributed by atoms with Crippen LogP contribution in [0.4, 0.5) is 0 Å². The molecule has 0 aromatic heterocycles. The number of piperidine rings is 1. The highest BCUT2D eigenvalue weighted by Crippen LogP contribution is 2.29. The minimum absolute atomic E-state index is 0.138. The summed E-state index contributed by atoms with van der Waals surface area (Å²) in [6, 6.07) is 4.39. The highest BCUT2D eigenvalue weighted by atomic mass is 35.5. The van der Waals surface area contributed by atoms with Crippen molar-refractivity contribution >= 4 is 39.3 Å². The lowest BCUT2D eigenvalue weighted by Crippen LogP contribution is -2.35. The van der Waals surface area contributed by atoms with Gasteiger partial charge in [-0.25, -0.2) is 8.42 Å². The van der Waals surface area contributed by atoms with E-state index in [1.165, 1.54) is 48.2 Å². The Labute approximate surface area is 171 Å². The third kappa shape index (κ3) is 5.40. The monoisotopic (exact) mass is 430 g/mol.